The molecule has 0 atom stereocenters. The van der Waals surface area contributed by atoms with Crippen LogP contribution in [0.15, 0.2) is 23.8 Å². The summed E-state index contributed by atoms with van der Waals surface area (Å²) in [6.45, 7) is 7.87. The molecule has 0 bridgehead atoms. The fourth-order valence-corrected chi connectivity index (χ4v) is 1.02. The van der Waals surface area contributed by atoms with Crippen molar-refractivity contribution in [1.82, 2.24) is 9.78 Å². The van der Waals surface area contributed by atoms with E-state index in [4.69, 9.17) is 0 Å². The average molecular weight is 179 g/mol. The zero-order valence-corrected chi connectivity index (χ0v) is 7.86. The van der Waals surface area contributed by atoms with Crippen molar-refractivity contribution in [3.8, 4) is 5.88 Å². The lowest BCUT2D eigenvalue weighted by atomic mass is 10.3. The molecule has 0 saturated carbocycles. The Morgan fingerprint density at radius 1 is 1.85 bits per heavy atom. The Balaban J connectivity index is 3.03. The van der Waals surface area contributed by atoms with Gasteiger partial charge in [-0.05, 0) is 13.8 Å². The molecule has 1 aromatic rings. The summed E-state index contributed by atoms with van der Waals surface area (Å²) in [4.78, 5) is 3.98. The quantitative estimate of drug-likeness (QED) is 0.716. The third-order valence-corrected chi connectivity index (χ3v) is 1.71. The summed E-state index contributed by atoms with van der Waals surface area (Å²) in [7, 11) is 0. The van der Waals surface area contributed by atoms with E-state index in [1.807, 2.05) is 13.8 Å². The third kappa shape index (κ3) is 1.96. The monoisotopic (exact) mass is 179 g/mol. The van der Waals surface area contributed by atoms with Gasteiger partial charge >= 0.3 is 0 Å². The summed E-state index contributed by atoms with van der Waals surface area (Å²) in [6.07, 6.45) is 1.46. The SMILES string of the molecule is C=C/N=C(\C)c1cc(O)n(CC)n1. The molecule has 0 aromatic carbocycles. The maximum Gasteiger partial charge on any atom is 0.209 e. The lowest BCUT2D eigenvalue weighted by Gasteiger charge is -1.94. The number of nitrogens with zero attached hydrogens (tertiary/aromatic N) is 3. The van der Waals surface area contributed by atoms with Gasteiger partial charge in [-0.2, -0.15) is 5.10 Å². The average Bonchev–Trinajstić information content (AvgIpc) is 2.47. The normalized spacial score (nSPS) is 11.7. The molecule has 4 heteroatoms. The van der Waals surface area contributed by atoms with E-state index in [1.54, 1.807) is 6.07 Å². The van der Waals surface area contributed by atoms with Crippen molar-refractivity contribution in [2.45, 2.75) is 20.4 Å². The second kappa shape index (κ2) is 3.89. The fraction of sp³-hybridized carbons (Fsp3) is 0.333. The van der Waals surface area contributed by atoms with Gasteiger partial charge in [0.05, 0.1) is 5.71 Å². The number of hydrogen-bond donors (Lipinski definition) is 1. The number of hydrogen-bond acceptors (Lipinski definition) is 3. The number of aryl methyl sites for hydroxylation is 1. The minimum absolute atomic E-state index is 0.163. The van der Waals surface area contributed by atoms with Crippen LogP contribution in [-0.4, -0.2) is 20.6 Å². The molecule has 0 fully saturated rings. The van der Waals surface area contributed by atoms with Crippen LogP contribution in [0, 0.1) is 0 Å². The van der Waals surface area contributed by atoms with E-state index in [0.29, 0.717) is 12.2 Å². The zero-order valence-electron chi connectivity index (χ0n) is 7.86. The van der Waals surface area contributed by atoms with Crippen LogP contribution in [0.5, 0.6) is 5.88 Å². The van der Waals surface area contributed by atoms with Crippen molar-refractivity contribution < 1.29 is 5.11 Å². The van der Waals surface area contributed by atoms with Crippen molar-refractivity contribution in [1.29, 1.82) is 0 Å². The van der Waals surface area contributed by atoms with Crippen molar-refractivity contribution in [3.63, 3.8) is 0 Å². The van der Waals surface area contributed by atoms with Gasteiger partial charge in [0, 0.05) is 18.8 Å². The molecule has 1 rings (SSSR count). The van der Waals surface area contributed by atoms with E-state index in [0.717, 1.165) is 5.71 Å². The van der Waals surface area contributed by atoms with E-state index in [1.165, 1.54) is 10.9 Å². The Hall–Kier alpha value is -1.58. The van der Waals surface area contributed by atoms with E-state index >= 15 is 0 Å². The highest BCUT2D eigenvalue weighted by Gasteiger charge is 2.06. The Kier molecular flexibility index (Phi) is 2.84. The number of aromatic hydroxyl groups is 1. The van der Waals surface area contributed by atoms with Gasteiger partial charge in [-0.3, -0.25) is 4.99 Å². The van der Waals surface area contributed by atoms with Crippen LogP contribution in [0.3, 0.4) is 0 Å². The molecular formula is C9H13N3O. The number of rotatable bonds is 3. The second-order valence-electron chi connectivity index (χ2n) is 2.60. The molecule has 0 spiro atoms. The first-order valence-electron chi connectivity index (χ1n) is 4.11. The Labute approximate surface area is 77.2 Å². The first-order chi connectivity index (χ1) is 6.19. The number of aliphatic imine (C=N–C) groups is 1. The van der Waals surface area contributed by atoms with Crippen LogP contribution in [0.25, 0.3) is 0 Å². The van der Waals surface area contributed by atoms with Crippen LogP contribution < -0.4 is 0 Å². The van der Waals surface area contributed by atoms with Gasteiger partial charge in [-0.1, -0.05) is 6.58 Å². The van der Waals surface area contributed by atoms with Gasteiger partial charge < -0.3 is 5.11 Å². The highest BCUT2D eigenvalue weighted by molar-refractivity contribution is 5.97. The molecule has 0 amide bonds. The molecule has 0 aliphatic carbocycles. The molecule has 0 aliphatic heterocycles. The fourth-order valence-electron chi connectivity index (χ4n) is 1.02. The summed E-state index contributed by atoms with van der Waals surface area (Å²) in [5, 5.41) is 13.5. The molecule has 13 heavy (non-hydrogen) atoms. The molecule has 0 aliphatic rings. The summed E-state index contributed by atoms with van der Waals surface area (Å²) in [5.74, 6) is 0.163. The predicted octanol–water partition coefficient (Wildman–Crippen LogP) is 1.56. The smallest absolute Gasteiger partial charge is 0.209 e. The van der Waals surface area contributed by atoms with E-state index < -0.39 is 0 Å². The van der Waals surface area contributed by atoms with Crippen LogP contribution in [0.4, 0.5) is 0 Å². The third-order valence-electron chi connectivity index (χ3n) is 1.71. The lowest BCUT2D eigenvalue weighted by Crippen LogP contribution is -2.00. The zero-order chi connectivity index (χ0) is 9.84. The maximum absolute atomic E-state index is 9.37. The van der Waals surface area contributed by atoms with Crippen molar-refractivity contribution >= 4 is 5.71 Å². The summed E-state index contributed by atoms with van der Waals surface area (Å²) in [6, 6.07) is 1.59. The molecule has 70 valence electrons. The first kappa shape index (κ1) is 9.51. The van der Waals surface area contributed by atoms with Gasteiger partial charge in [-0.25, -0.2) is 4.68 Å². The van der Waals surface area contributed by atoms with Gasteiger partial charge in [0.15, 0.2) is 0 Å². The Bertz CT molecular complexity index is 339. The van der Waals surface area contributed by atoms with Gasteiger partial charge in [0.1, 0.15) is 5.69 Å². The van der Waals surface area contributed by atoms with E-state index in [2.05, 4.69) is 16.7 Å². The number of aromatic nitrogens is 2. The molecule has 0 radical (unpaired) electrons. The second-order valence-corrected chi connectivity index (χ2v) is 2.60. The minimum Gasteiger partial charge on any atom is -0.493 e. The molecule has 1 heterocycles. The summed E-state index contributed by atoms with van der Waals surface area (Å²) >= 11 is 0. The first-order valence-corrected chi connectivity index (χ1v) is 4.11. The van der Waals surface area contributed by atoms with Crippen LogP contribution in [-0.2, 0) is 6.54 Å². The van der Waals surface area contributed by atoms with Crippen molar-refractivity contribution in [2.24, 2.45) is 4.99 Å². The molecule has 0 saturated heterocycles. The summed E-state index contributed by atoms with van der Waals surface area (Å²) in [5.41, 5.74) is 1.43. The molecular weight excluding hydrogens is 166 g/mol. The lowest BCUT2D eigenvalue weighted by molar-refractivity contribution is 0.405. The topological polar surface area (TPSA) is 50.4 Å². The minimum atomic E-state index is 0.163. The van der Waals surface area contributed by atoms with E-state index in [9.17, 15) is 5.11 Å². The molecule has 4 nitrogen and oxygen atoms in total. The van der Waals surface area contributed by atoms with Gasteiger partial charge in [0.25, 0.3) is 0 Å². The van der Waals surface area contributed by atoms with Crippen molar-refractivity contribution in [3.05, 3.63) is 24.5 Å². The largest absolute Gasteiger partial charge is 0.493 e. The van der Waals surface area contributed by atoms with Gasteiger partial charge in [-0.15, -0.1) is 0 Å². The highest BCUT2D eigenvalue weighted by Crippen LogP contribution is 2.11. The van der Waals surface area contributed by atoms with Crippen molar-refractivity contribution in [2.75, 3.05) is 0 Å². The molecule has 1 aromatic heterocycles. The highest BCUT2D eigenvalue weighted by atomic mass is 16.3. The van der Waals surface area contributed by atoms with E-state index in [-0.39, 0.29) is 5.88 Å². The standard InChI is InChI=1S/C9H13N3O/c1-4-10-7(3)8-6-9(13)12(5-2)11-8/h4,6,13H,1,5H2,2-3H3/b10-7+. The predicted molar refractivity (Wildman–Crippen MR) is 52.0 cm³/mol. The van der Waals surface area contributed by atoms with Crippen LogP contribution in [0.1, 0.15) is 19.5 Å². The maximum atomic E-state index is 9.37. The van der Waals surface area contributed by atoms with Crippen LogP contribution >= 0.6 is 0 Å². The molecule has 1 N–H and O–H groups in total. The Morgan fingerprint density at radius 3 is 3.00 bits per heavy atom. The summed E-state index contributed by atoms with van der Waals surface area (Å²) < 4.78 is 1.51. The van der Waals surface area contributed by atoms with Gasteiger partial charge in [0.2, 0.25) is 5.88 Å². The molecule has 0 unspecified atom stereocenters. The Morgan fingerprint density at radius 2 is 2.54 bits per heavy atom. The van der Waals surface area contributed by atoms with Crippen LogP contribution in [0.2, 0.25) is 0 Å².